The molecule has 7 nitrogen and oxygen atoms in total. The van der Waals surface area contributed by atoms with E-state index >= 15 is 0 Å². The van der Waals surface area contributed by atoms with Crippen LogP contribution in [0.1, 0.15) is 12.6 Å². The molecule has 0 amide bonds. The normalized spacial score (nSPS) is 11.8. The standard InChI is InChI=1S/C18H18N4O3S/c1-3-25-16-8-14(13-7-15(26(23)24)11-19-9-13)10-20-18(16)22-17-6-4-5-12(2)21-17/h4-11H,3H2,1-2H3,(H,23,24)(H,20,21,22). The van der Waals surface area contributed by atoms with Gasteiger partial charge >= 0.3 is 0 Å². The van der Waals surface area contributed by atoms with Crippen molar-refractivity contribution in [1.29, 1.82) is 0 Å². The van der Waals surface area contributed by atoms with Crippen LogP contribution in [0.25, 0.3) is 11.1 Å². The van der Waals surface area contributed by atoms with Gasteiger partial charge in [-0.1, -0.05) is 6.07 Å². The molecule has 3 aromatic heterocycles. The zero-order chi connectivity index (χ0) is 18.5. The summed E-state index contributed by atoms with van der Waals surface area (Å²) in [5.41, 5.74) is 2.30. The molecule has 0 aliphatic heterocycles. The summed E-state index contributed by atoms with van der Waals surface area (Å²) in [6, 6.07) is 9.09. The number of anilines is 2. The van der Waals surface area contributed by atoms with Crippen molar-refractivity contribution >= 4 is 22.7 Å². The summed E-state index contributed by atoms with van der Waals surface area (Å²) in [6.07, 6.45) is 4.62. The molecule has 0 aromatic carbocycles. The molecule has 8 heteroatoms. The lowest BCUT2D eigenvalue weighted by Crippen LogP contribution is -2.02. The average molecular weight is 370 g/mol. The van der Waals surface area contributed by atoms with Crippen LogP contribution in [0.5, 0.6) is 5.75 Å². The quantitative estimate of drug-likeness (QED) is 0.640. The fourth-order valence-electron chi connectivity index (χ4n) is 2.37. The number of aromatic nitrogens is 3. The SMILES string of the molecule is CCOc1cc(-c2cncc(S(=O)O)c2)cnc1Nc1cccc(C)n1. The van der Waals surface area contributed by atoms with Gasteiger partial charge in [-0.15, -0.1) is 0 Å². The molecule has 0 bridgehead atoms. The van der Waals surface area contributed by atoms with Gasteiger partial charge < -0.3 is 14.6 Å². The molecule has 3 heterocycles. The summed E-state index contributed by atoms with van der Waals surface area (Å²) >= 11 is -2.09. The van der Waals surface area contributed by atoms with Gasteiger partial charge in [0.25, 0.3) is 0 Å². The molecule has 0 radical (unpaired) electrons. The van der Waals surface area contributed by atoms with E-state index in [1.54, 1.807) is 18.5 Å². The highest BCUT2D eigenvalue weighted by Gasteiger charge is 2.11. The van der Waals surface area contributed by atoms with E-state index in [9.17, 15) is 8.76 Å². The van der Waals surface area contributed by atoms with Crippen LogP contribution in [0.4, 0.5) is 11.6 Å². The van der Waals surface area contributed by atoms with Crippen molar-refractivity contribution < 1.29 is 13.5 Å². The Morgan fingerprint density at radius 1 is 1.19 bits per heavy atom. The van der Waals surface area contributed by atoms with Crippen molar-refractivity contribution in [1.82, 2.24) is 15.0 Å². The molecule has 0 saturated heterocycles. The molecule has 0 fully saturated rings. The minimum atomic E-state index is -2.09. The highest BCUT2D eigenvalue weighted by Crippen LogP contribution is 2.30. The van der Waals surface area contributed by atoms with Crippen LogP contribution in [-0.2, 0) is 11.1 Å². The molecule has 26 heavy (non-hydrogen) atoms. The Kier molecular flexibility index (Phi) is 5.55. The Balaban J connectivity index is 1.96. The molecular formula is C18H18N4O3S. The average Bonchev–Trinajstić information content (AvgIpc) is 2.63. The lowest BCUT2D eigenvalue weighted by molar-refractivity contribution is 0.341. The lowest BCUT2D eigenvalue weighted by atomic mass is 10.1. The van der Waals surface area contributed by atoms with Crippen LogP contribution in [0.15, 0.2) is 53.8 Å². The number of ether oxygens (including phenoxy) is 1. The third-order valence-electron chi connectivity index (χ3n) is 3.54. The molecule has 0 aliphatic rings. The van der Waals surface area contributed by atoms with Gasteiger partial charge in [-0.2, -0.15) is 0 Å². The zero-order valence-corrected chi connectivity index (χ0v) is 15.2. The van der Waals surface area contributed by atoms with Gasteiger partial charge in [0.1, 0.15) is 5.82 Å². The number of hydrogen-bond donors (Lipinski definition) is 2. The minimum absolute atomic E-state index is 0.228. The van der Waals surface area contributed by atoms with Crippen molar-refractivity contribution in [3.8, 4) is 16.9 Å². The van der Waals surface area contributed by atoms with Crippen molar-refractivity contribution in [2.45, 2.75) is 18.7 Å². The zero-order valence-electron chi connectivity index (χ0n) is 14.3. The Morgan fingerprint density at radius 2 is 2.00 bits per heavy atom. The molecule has 3 rings (SSSR count). The maximum Gasteiger partial charge on any atom is 0.188 e. The Labute approximate surface area is 153 Å². The molecule has 3 aromatic rings. The summed E-state index contributed by atoms with van der Waals surface area (Å²) in [5.74, 6) is 1.78. The predicted molar refractivity (Wildman–Crippen MR) is 99.9 cm³/mol. The third kappa shape index (κ3) is 4.22. The van der Waals surface area contributed by atoms with E-state index in [1.807, 2.05) is 38.1 Å². The van der Waals surface area contributed by atoms with Crippen molar-refractivity contribution in [2.24, 2.45) is 0 Å². The van der Waals surface area contributed by atoms with Gasteiger partial charge in [0.05, 0.1) is 11.5 Å². The molecule has 134 valence electrons. The Bertz CT molecular complexity index is 949. The van der Waals surface area contributed by atoms with Crippen LogP contribution in [0, 0.1) is 6.92 Å². The van der Waals surface area contributed by atoms with Crippen LogP contribution in [0.2, 0.25) is 0 Å². The highest BCUT2D eigenvalue weighted by molar-refractivity contribution is 7.79. The second-order valence-corrected chi connectivity index (χ2v) is 6.42. The van der Waals surface area contributed by atoms with Gasteiger partial charge in [0.15, 0.2) is 22.6 Å². The van der Waals surface area contributed by atoms with Crippen LogP contribution >= 0.6 is 0 Å². The summed E-state index contributed by atoms with van der Waals surface area (Å²) in [6.45, 7) is 4.27. The Morgan fingerprint density at radius 3 is 2.73 bits per heavy atom. The first-order chi connectivity index (χ1) is 12.6. The highest BCUT2D eigenvalue weighted by atomic mass is 32.2. The fraction of sp³-hybridized carbons (Fsp3) is 0.167. The topological polar surface area (TPSA) is 97.2 Å². The molecule has 1 unspecified atom stereocenters. The van der Waals surface area contributed by atoms with Crippen molar-refractivity contribution in [3.05, 3.63) is 54.6 Å². The Hall–Kier alpha value is -2.84. The molecule has 0 saturated carbocycles. The number of pyridine rings is 3. The molecular weight excluding hydrogens is 352 g/mol. The number of aryl methyl sites for hydroxylation is 1. The summed E-state index contributed by atoms with van der Waals surface area (Å²) in [5, 5.41) is 3.15. The maximum atomic E-state index is 11.3. The monoisotopic (exact) mass is 370 g/mol. The van der Waals surface area contributed by atoms with Gasteiger partial charge in [-0.05, 0) is 38.1 Å². The van der Waals surface area contributed by atoms with Crippen molar-refractivity contribution in [2.75, 3.05) is 11.9 Å². The van der Waals surface area contributed by atoms with Gasteiger partial charge in [0.2, 0.25) is 0 Å². The van der Waals surface area contributed by atoms with E-state index in [0.29, 0.717) is 29.6 Å². The first kappa shape index (κ1) is 18.0. The van der Waals surface area contributed by atoms with E-state index in [4.69, 9.17) is 4.74 Å². The number of rotatable bonds is 6. The van der Waals surface area contributed by atoms with E-state index in [2.05, 4.69) is 20.3 Å². The first-order valence-electron chi connectivity index (χ1n) is 7.96. The second kappa shape index (κ2) is 8.03. The number of nitrogens with zero attached hydrogens (tertiary/aromatic N) is 3. The molecule has 1 atom stereocenters. The number of hydrogen-bond acceptors (Lipinski definition) is 6. The number of nitrogens with one attached hydrogen (secondary N) is 1. The molecule has 0 spiro atoms. The summed E-state index contributed by atoms with van der Waals surface area (Å²) < 4.78 is 26.2. The lowest BCUT2D eigenvalue weighted by Gasteiger charge is -2.13. The smallest absolute Gasteiger partial charge is 0.188 e. The fourth-order valence-corrected chi connectivity index (χ4v) is 2.75. The van der Waals surface area contributed by atoms with Gasteiger partial charge in [-0.25, -0.2) is 14.2 Å². The molecule has 2 N–H and O–H groups in total. The van der Waals surface area contributed by atoms with Crippen molar-refractivity contribution in [3.63, 3.8) is 0 Å². The molecule has 0 aliphatic carbocycles. The summed E-state index contributed by atoms with van der Waals surface area (Å²) in [7, 11) is 0. The maximum absolute atomic E-state index is 11.3. The van der Waals surface area contributed by atoms with E-state index in [0.717, 1.165) is 11.3 Å². The van der Waals surface area contributed by atoms with Gasteiger partial charge in [0, 0.05) is 35.4 Å². The van der Waals surface area contributed by atoms with E-state index in [1.165, 1.54) is 6.20 Å². The third-order valence-corrected chi connectivity index (χ3v) is 4.16. The summed E-state index contributed by atoms with van der Waals surface area (Å²) in [4.78, 5) is 13.1. The largest absolute Gasteiger partial charge is 0.490 e. The van der Waals surface area contributed by atoms with Crippen LogP contribution < -0.4 is 10.1 Å². The second-order valence-electron chi connectivity index (χ2n) is 5.45. The van der Waals surface area contributed by atoms with Crippen LogP contribution in [0.3, 0.4) is 0 Å². The van der Waals surface area contributed by atoms with E-state index in [-0.39, 0.29) is 4.90 Å². The predicted octanol–water partition coefficient (Wildman–Crippen LogP) is 3.57. The first-order valence-corrected chi connectivity index (χ1v) is 9.07. The van der Waals surface area contributed by atoms with Gasteiger partial charge in [-0.3, -0.25) is 4.98 Å². The van der Waals surface area contributed by atoms with E-state index < -0.39 is 11.1 Å². The van der Waals surface area contributed by atoms with Crippen LogP contribution in [-0.4, -0.2) is 30.3 Å². The minimum Gasteiger partial charge on any atom is -0.490 e.